The SMILES string of the molecule is COc1cc2c(C(C)C(=O)NC(C)c3ccccc3)cnc(CN)c2cc1OC. The van der Waals surface area contributed by atoms with Crippen LogP contribution in [-0.2, 0) is 11.3 Å². The number of nitrogens with two attached hydrogens (primary N) is 1. The van der Waals surface area contributed by atoms with Gasteiger partial charge in [-0.15, -0.1) is 0 Å². The second-order valence-corrected chi connectivity index (χ2v) is 6.98. The van der Waals surface area contributed by atoms with Gasteiger partial charge in [-0.2, -0.15) is 0 Å². The van der Waals surface area contributed by atoms with Gasteiger partial charge < -0.3 is 20.5 Å². The summed E-state index contributed by atoms with van der Waals surface area (Å²) in [7, 11) is 3.18. The molecular weight excluding hydrogens is 366 g/mol. The third-order valence-electron chi connectivity index (χ3n) is 5.22. The number of carbonyl (C=O) groups excluding carboxylic acids is 1. The molecule has 0 bridgehead atoms. The van der Waals surface area contributed by atoms with Crippen molar-refractivity contribution in [2.75, 3.05) is 14.2 Å². The normalized spacial score (nSPS) is 13.0. The molecule has 152 valence electrons. The van der Waals surface area contributed by atoms with E-state index >= 15 is 0 Å². The standard InChI is InChI=1S/C23H27N3O3/c1-14(23(27)26-15(2)16-8-6-5-7-9-16)19-13-25-20(12-24)18-11-22(29-4)21(28-3)10-17(18)19/h5-11,13-15H,12,24H2,1-4H3,(H,26,27). The Morgan fingerprint density at radius 1 is 1.07 bits per heavy atom. The molecular formula is C23H27N3O3. The number of pyridine rings is 1. The molecule has 0 radical (unpaired) electrons. The summed E-state index contributed by atoms with van der Waals surface area (Å²) in [6, 6.07) is 13.5. The Kier molecular flexibility index (Phi) is 6.34. The van der Waals surface area contributed by atoms with Crippen molar-refractivity contribution >= 4 is 16.7 Å². The number of carbonyl (C=O) groups is 1. The maximum atomic E-state index is 13.0. The highest BCUT2D eigenvalue weighted by Gasteiger charge is 2.22. The molecule has 0 aliphatic carbocycles. The number of ether oxygens (including phenoxy) is 2. The number of aromatic nitrogens is 1. The molecule has 0 saturated heterocycles. The molecule has 0 spiro atoms. The second kappa shape index (κ2) is 8.92. The van der Waals surface area contributed by atoms with Gasteiger partial charge in [-0.05, 0) is 42.5 Å². The van der Waals surface area contributed by atoms with Crippen LogP contribution in [0, 0.1) is 0 Å². The fraction of sp³-hybridized carbons (Fsp3) is 0.304. The topological polar surface area (TPSA) is 86.5 Å². The summed E-state index contributed by atoms with van der Waals surface area (Å²) in [4.78, 5) is 17.5. The van der Waals surface area contributed by atoms with Crippen LogP contribution >= 0.6 is 0 Å². The Bertz CT molecular complexity index is 1010. The summed E-state index contributed by atoms with van der Waals surface area (Å²) < 4.78 is 10.9. The van der Waals surface area contributed by atoms with Gasteiger partial charge in [0.05, 0.1) is 31.9 Å². The van der Waals surface area contributed by atoms with Crippen molar-refractivity contribution < 1.29 is 14.3 Å². The zero-order valence-corrected chi connectivity index (χ0v) is 17.2. The molecule has 0 fully saturated rings. The molecule has 3 rings (SSSR count). The zero-order chi connectivity index (χ0) is 21.0. The molecule has 0 saturated carbocycles. The summed E-state index contributed by atoms with van der Waals surface area (Å²) in [5.41, 5.74) is 8.50. The molecule has 0 aliphatic heterocycles. The summed E-state index contributed by atoms with van der Waals surface area (Å²) in [5, 5.41) is 4.83. The summed E-state index contributed by atoms with van der Waals surface area (Å²) in [5.74, 6) is 0.727. The van der Waals surface area contributed by atoms with E-state index in [-0.39, 0.29) is 18.5 Å². The molecule has 3 aromatic rings. The molecule has 2 unspecified atom stereocenters. The van der Waals surface area contributed by atoms with E-state index in [1.165, 1.54) is 0 Å². The van der Waals surface area contributed by atoms with Crippen molar-refractivity contribution in [3.05, 3.63) is 65.5 Å². The lowest BCUT2D eigenvalue weighted by Gasteiger charge is -2.20. The third kappa shape index (κ3) is 4.17. The molecule has 2 atom stereocenters. The first-order valence-electron chi connectivity index (χ1n) is 9.59. The first-order valence-corrected chi connectivity index (χ1v) is 9.59. The number of benzene rings is 2. The van der Waals surface area contributed by atoms with Gasteiger partial charge in [0, 0.05) is 18.1 Å². The van der Waals surface area contributed by atoms with Gasteiger partial charge in [-0.3, -0.25) is 9.78 Å². The largest absolute Gasteiger partial charge is 0.493 e. The number of methoxy groups -OCH3 is 2. The molecule has 6 nitrogen and oxygen atoms in total. The van der Waals surface area contributed by atoms with Crippen molar-refractivity contribution in [1.82, 2.24) is 10.3 Å². The van der Waals surface area contributed by atoms with E-state index in [1.54, 1.807) is 20.4 Å². The number of hydrogen-bond acceptors (Lipinski definition) is 5. The highest BCUT2D eigenvalue weighted by atomic mass is 16.5. The number of nitrogens with zero attached hydrogens (tertiary/aromatic N) is 1. The van der Waals surface area contributed by atoms with Crippen molar-refractivity contribution in [3.63, 3.8) is 0 Å². The van der Waals surface area contributed by atoms with Gasteiger partial charge in [0.25, 0.3) is 0 Å². The second-order valence-electron chi connectivity index (χ2n) is 6.98. The van der Waals surface area contributed by atoms with Gasteiger partial charge in [-0.25, -0.2) is 0 Å². The number of fused-ring (bicyclic) bond motifs is 1. The van der Waals surface area contributed by atoms with Crippen LogP contribution < -0.4 is 20.5 Å². The molecule has 1 aromatic heterocycles. The molecule has 6 heteroatoms. The van der Waals surface area contributed by atoms with Crippen LogP contribution in [-0.4, -0.2) is 25.1 Å². The number of rotatable bonds is 7. The van der Waals surface area contributed by atoms with Crippen LogP contribution in [0.3, 0.4) is 0 Å². The smallest absolute Gasteiger partial charge is 0.227 e. The quantitative estimate of drug-likeness (QED) is 0.639. The van der Waals surface area contributed by atoms with Gasteiger partial charge in [0.1, 0.15) is 0 Å². The average Bonchev–Trinajstić information content (AvgIpc) is 2.77. The first kappa shape index (κ1) is 20.6. The average molecular weight is 393 g/mol. The fourth-order valence-electron chi connectivity index (χ4n) is 3.46. The van der Waals surface area contributed by atoms with E-state index in [4.69, 9.17) is 15.2 Å². The minimum absolute atomic E-state index is 0.0697. The lowest BCUT2D eigenvalue weighted by Crippen LogP contribution is -2.30. The van der Waals surface area contributed by atoms with Crippen LogP contribution in [0.5, 0.6) is 11.5 Å². The van der Waals surface area contributed by atoms with Gasteiger partial charge in [0.15, 0.2) is 11.5 Å². The van der Waals surface area contributed by atoms with Crippen LogP contribution in [0.4, 0.5) is 0 Å². The van der Waals surface area contributed by atoms with Crippen molar-refractivity contribution in [1.29, 1.82) is 0 Å². The molecule has 2 aromatic carbocycles. The maximum absolute atomic E-state index is 13.0. The highest BCUT2D eigenvalue weighted by Crippen LogP contribution is 2.36. The lowest BCUT2D eigenvalue weighted by atomic mass is 9.94. The van der Waals surface area contributed by atoms with E-state index in [1.807, 2.05) is 56.3 Å². The maximum Gasteiger partial charge on any atom is 0.227 e. The Balaban J connectivity index is 1.98. The number of hydrogen-bond donors (Lipinski definition) is 2. The molecule has 0 aliphatic rings. The van der Waals surface area contributed by atoms with Gasteiger partial charge in [-0.1, -0.05) is 30.3 Å². The Hall–Kier alpha value is -3.12. The molecule has 1 amide bonds. The molecule has 1 heterocycles. The Morgan fingerprint density at radius 3 is 2.28 bits per heavy atom. The van der Waals surface area contributed by atoms with Gasteiger partial charge in [0.2, 0.25) is 5.91 Å². The van der Waals surface area contributed by atoms with Gasteiger partial charge >= 0.3 is 0 Å². The Morgan fingerprint density at radius 2 is 1.69 bits per heavy atom. The summed E-state index contributed by atoms with van der Waals surface area (Å²) in [6.07, 6.45) is 1.73. The van der Waals surface area contributed by atoms with Crippen molar-refractivity contribution in [3.8, 4) is 11.5 Å². The summed E-state index contributed by atoms with van der Waals surface area (Å²) in [6.45, 7) is 4.14. The minimum Gasteiger partial charge on any atom is -0.493 e. The third-order valence-corrected chi connectivity index (χ3v) is 5.22. The fourth-order valence-corrected chi connectivity index (χ4v) is 3.46. The van der Waals surface area contributed by atoms with Crippen molar-refractivity contribution in [2.45, 2.75) is 32.4 Å². The van der Waals surface area contributed by atoms with E-state index in [9.17, 15) is 4.79 Å². The molecule has 29 heavy (non-hydrogen) atoms. The summed E-state index contributed by atoms with van der Waals surface area (Å²) >= 11 is 0. The van der Waals surface area contributed by atoms with Crippen LogP contribution in [0.15, 0.2) is 48.7 Å². The van der Waals surface area contributed by atoms with Crippen LogP contribution in [0.1, 0.15) is 42.6 Å². The predicted molar refractivity (Wildman–Crippen MR) is 114 cm³/mol. The van der Waals surface area contributed by atoms with E-state index in [2.05, 4.69) is 10.3 Å². The first-order chi connectivity index (χ1) is 14.0. The molecule has 3 N–H and O–H groups in total. The highest BCUT2D eigenvalue weighted by molar-refractivity contribution is 5.95. The predicted octanol–water partition coefficient (Wildman–Crippen LogP) is 3.69. The number of amides is 1. The Labute approximate surface area is 171 Å². The lowest BCUT2D eigenvalue weighted by molar-refractivity contribution is -0.122. The number of nitrogens with one attached hydrogen (secondary N) is 1. The van der Waals surface area contributed by atoms with E-state index < -0.39 is 5.92 Å². The van der Waals surface area contributed by atoms with E-state index in [0.29, 0.717) is 11.5 Å². The van der Waals surface area contributed by atoms with Crippen LogP contribution in [0.2, 0.25) is 0 Å². The van der Waals surface area contributed by atoms with Crippen LogP contribution in [0.25, 0.3) is 10.8 Å². The van der Waals surface area contributed by atoms with Crippen molar-refractivity contribution in [2.24, 2.45) is 5.73 Å². The monoisotopic (exact) mass is 393 g/mol. The van der Waals surface area contributed by atoms with E-state index in [0.717, 1.165) is 27.6 Å². The zero-order valence-electron chi connectivity index (χ0n) is 17.2. The minimum atomic E-state index is -0.402.